The van der Waals surface area contributed by atoms with Gasteiger partial charge in [-0.15, -0.1) is 0 Å². The van der Waals surface area contributed by atoms with Crippen LogP contribution in [0.15, 0.2) is 35.0 Å². The number of rotatable bonds is 3. The zero-order valence-electron chi connectivity index (χ0n) is 9.64. The highest BCUT2D eigenvalue weighted by atomic mass is 32.1. The minimum absolute atomic E-state index is 0.193. The van der Waals surface area contributed by atoms with E-state index in [9.17, 15) is 9.59 Å². The number of thiophene rings is 1. The summed E-state index contributed by atoms with van der Waals surface area (Å²) in [6.45, 7) is 1.67. The largest absolute Gasteiger partial charge is 0.478 e. The van der Waals surface area contributed by atoms with Crippen LogP contribution >= 0.6 is 11.3 Å². The highest BCUT2D eigenvalue weighted by molar-refractivity contribution is 7.08. The molecule has 0 aliphatic heterocycles. The van der Waals surface area contributed by atoms with Crippen molar-refractivity contribution >= 4 is 28.9 Å². The Bertz CT molecular complexity index is 590. The molecule has 0 unspecified atom stereocenters. The van der Waals surface area contributed by atoms with Crippen molar-refractivity contribution in [2.75, 3.05) is 5.32 Å². The fraction of sp³-hybridized carbons (Fsp3) is 0.0769. The molecule has 0 atom stereocenters. The fourth-order valence-electron chi connectivity index (χ4n) is 1.59. The third-order valence-corrected chi connectivity index (χ3v) is 3.28. The van der Waals surface area contributed by atoms with Gasteiger partial charge in [0, 0.05) is 11.1 Å². The molecule has 2 aromatic rings. The van der Waals surface area contributed by atoms with Gasteiger partial charge in [0.05, 0.1) is 11.1 Å². The van der Waals surface area contributed by atoms with E-state index in [1.807, 2.05) is 5.38 Å². The van der Waals surface area contributed by atoms with Crippen molar-refractivity contribution in [2.24, 2.45) is 0 Å². The van der Waals surface area contributed by atoms with Crippen LogP contribution in [0.1, 0.15) is 26.3 Å². The topological polar surface area (TPSA) is 66.4 Å². The van der Waals surface area contributed by atoms with Crippen molar-refractivity contribution in [3.05, 3.63) is 51.7 Å². The minimum atomic E-state index is -1.00. The second-order valence-electron chi connectivity index (χ2n) is 3.75. The lowest BCUT2D eigenvalue weighted by Gasteiger charge is -2.09. The van der Waals surface area contributed by atoms with E-state index in [1.165, 1.54) is 17.4 Å². The Morgan fingerprint density at radius 1 is 1.28 bits per heavy atom. The van der Waals surface area contributed by atoms with E-state index in [4.69, 9.17) is 5.11 Å². The third-order valence-electron chi connectivity index (χ3n) is 2.60. The molecule has 0 aliphatic carbocycles. The van der Waals surface area contributed by atoms with Crippen LogP contribution in [0.4, 0.5) is 5.69 Å². The fourth-order valence-corrected chi connectivity index (χ4v) is 2.23. The molecule has 1 heterocycles. The summed E-state index contributed by atoms with van der Waals surface area (Å²) in [5.41, 5.74) is 1.83. The third kappa shape index (κ3) is 2.41. The lowest BCUT2D eigenvalue weighted by Crippen LogP contribution is -2.13. The second kappa shape index (κ2) is 5.01. The Morgan fingerprint density at radius 3 is 2.67 bits per heavy atom. The lowest BCUT2D eigenvalue weighted by molar-refractivity contribution is 0.0695. The van der Waals surface area contributed by atoms with Crippen LogP contribution in [0, 0.1) is 6.92 Å². The van der Waals surface area contributed by atoms with E-state index in [2.05, 4.69) is 5.32 Å². The Labute approximate surface area is 108 Å². The summed E-state index contributed by atoms with van der Waals surface area (Å²) >= 11 is 1.44. The van der Waals surface area contributed by atoms with E-state index in [-0.39, 0.29) is 11.5 Å². The van der Waals surface area contributed by atoms with Crippen LogP contribution in [0.5, 0.6) is 0 Å². The smallest absolute Gasteiger partial charge is 0.336 e. The van der Waals surface area contributed by atoms with Crippen molar-refractivity contribution < 1.29 is 14.7 Å². The van der Waals surface area contributed by atoms with Crippen LogP contribution in [0.25, 0.3) is 0 Å². The first-order valence-electron chi connectivity index (χ1n) is 5.26. The Balaban J connectivity index is 2.27. The maximum atomic E-state index is 11.9. The van der Waals surface area contributed by atoms with E-state index in [0.717, 1.165) is 0 Å². The Hall–Kier alpha value is -2.14. The molecule has 5 heteroatoms. The molecule has 2 rings (SSSR count). The predicted molar refractivity (Wildman–Crippen MR) is 70.4 cm³/mol. The molecule has 92 valence electrons. The SMILES string of the molecule is Cc1c(NC(=O)c2ccsc2)cccc1C(=O)O. The molecule has 2 N–H and O–H groups in total. The van der Waals surface area contributed by atoms with Crippen LogP contribution in [-0.4, -0.2) is 17.0 Å². The molecule has 0 fully saturated rings. The van der Waals surface area contributed by atoms with Gasteiger partial charge in [0.25, 0.3) is 5.91 Å². The van der Waals surface area contributed by atoms with Gasteiger partial charge in [-0.1, -0.05) is 6.07 Å². The number of nitrogens with one attached hydrogen (secondary N) is 1. The molecule has 4 nitrogen and oxygen atoms in total. The molecule has 0 spiro atoms. The summed E-state index contributed by atoms with van der Waals surface area (Å²) in [5.74, 6) is -1.24. The number of benzene rings is 1. The predicted octanol–water partition coefficient (Wildman–Crippen LogP) is 3.01. The summed E-state index contributed by atoms with van der Waals surface area (Å²) in [7, 11) is 0. The van der Waals surface area contributed by atoms with E-state index < -0.39 is 5.97 Å². The number of anilines is 1. The molecule has 1 aromatic carbocycles. The van der Waals surface area contributed by atoms with Gasteiger partial charge < -0.3 is 10.4 Å². The van der Waals surface area contributed by atoms with Crippen molar-refractivity contribution in [1.29, 1.82) is 0 Å². The molecular formula is C13H11NO3S. The molecule has 18 heavy (non-hydrogen) atoms. The quantitative estimate of drug-likeness (QED) is 0.892. The molecule has 0 saturated carbocycles. The number of carbonyl (C=O) groups is 2. The highest BCUT2D eigenvalue weighted by Gasteiger charge is 2.12. The Morgan fingerprint density at radius 2 is 2.06 bits per heavy atom. The van der Waals surface area contributed by atoms with Crippen LogP contribution in [0.2, 0.25) is 0 Å². The maximum absolute atomic E-state index is 11.9. The van der Waals surface area contributed by atoms with Crippen LogP contribution in [0.3, 0.4) is 0 Å². The number of carboxylic acids is 1. The number of amides is 1. The standard InChI is InChI=1S/C13H11NO3S/c1-8-10(13(16)17)3-2-4-11(8)14-12(15)9-5-6-18-7-9/h2-7H,1H3,(H,14,15)(H,16,17). The van der Waals surface area contributed by atoms with E-state index in [1.54, 1.807) is 30.5 Å². The van der Waals surface area contributed by atoms with Crippen molar-refractivity contribution in [2.45, 2.75) is 6.92 Å². The van der Waals surface area contributed by atoms with Gasteiger partial charge >= 0.3 is 5.97 Å². The normalized spacial score (nSPS) is 10.1. The number of aromatic carboxylic acids is 1. The summed E-state index contributed by atoms with van der Waals surface area (Å²) in [6, 6.07) is 6.53. The number of hydrogen-bond donors (Lipinski definition) is 2. The zero-order chi connectivity index (χ0) is 13.1. The summed E-state index contributed by atoms with van der Waals surface area (Å²) in [5, 5.41) is 15.3. The highest BCUT2D eigenvalue weighted by Crippen LogP contribution is 2.20. The van der Waals surface area contributed by atoms with Crippen LogP contribution < -0.4 is 5.32 Å². The zero-order valence-corrected chi connectivity index (χ0v) is 10.5. The molecule has 0 aliphatic rings. The Kier molecular flexibility index (Phi) is 3.43. The van der Waals surface area contributed by atoms with Gasteiger partial charge in [-0.3, -0.25) is 4.79 Å². The maximum Gasteiger partial charge on any atom is 0.336 e. The van der Waals surface area contributed by atoms with Gasteiger partial charge in [0.1, 0.15) is 0 Å². The van der Waals surface area contributed by atoms with E-state index >= 15 is 0 Å². The van der Waals surface area contributed by atoms with Gasteiger partial charge in [0.2, 0.25) is 0 Å². The molecule has 0 radical (unpaired) electrons. The van der Waals surface area contributed by atoms with Crippen molar-refractivity contribution in [3.63, 3.8) is 0 Å². The monoisotopic (exact) mass is 261 g/mol. The summed E-state index contributed by atoms with van der Waals surface area (Å²) in [6.07, 6.45) is 0. The average Bonchev–Trinajstić information content (AvgIpc) is 2.85. The first-order chi connectivity index (χ1) is 8.59. The van der Waals surface area contributed by atoms with Gasteiger partial charge in [0.15, 0.2) is 0 Å². The van der Waals surface area contributed by atoms with Crippen molar-refractivity contribution in [1.82, 2.24) is 0 Å². The van der Waals surface area contributed by atoms with Crippen LogP contribution in [-0.2, 0) is 0 Å². The molecule has 1 amide bonds. The molecule has 1 aromatic heterocycles. The molecule has 0 saturated heterocycles. The molecular weight excluding hydrogens is 250 g/mol. The van der Waals surface area contributed by atoms with Crippen molar-refractivity contribution in [3.8, 4) is 0 Å². The minimum Gasteiger partial charge on any atom is -0.478 e. The summed E-state index contributed by atoms with van der Waals surface area (Å²) < 4.78 is 0. The van der Waals surface area contributed by atoms with Gasteiger partial charge in [-0.05, 0) is 36.1 Å². The first kappa shape index (κ1) is 12.3. The van der Waals surface area contributed by atoms with Gasteiger partial charge in [-0.2, -0.15) is 11.3 Å². The number of carboxylic acid groups (broad SMARTS) is 1. The first-order valence-corrected chi connectivity index (χ1v) is 6.20. The second-order valence-corrected chi connectivity index (χ2v) is 4.53. The molecule has 0 bridgehead atoms. The number of carbonyl (C=O) groups excluding carboxylic acids is 1. The average molecular weight is 261 g/mol. The van der Waals surface area contributed by atoms with E-state index in [0.29, 0.717) is 16.8 Å². The van der Waals surface area contributed by atoms with Gasteiger partial charge in [-0.25, -0.2) is 4.79 Å². The summed E-state index contributed by atoms with van der Waals surface area (Å²) in [4.78, 5) is 22.8. The lowest BCUT2D eigenvalue weighted by atomic mass is 10.1. The number of hydrogen-bond acceptors (Lipinski definition) is 3.